The van der Waals surface area contributed by atoms with Gasteiger partial charge in [-0.1, -0.05) is 37.3 Å². The van der Waals surface area contributed by atoms with Crippen LogP contribution in [0.4, 0.5) is 0 Å². The Labute approximate surface area is 116 Å². The van der Waals surface area contributed by atoms with Crippen molar-refractivity contribution in [2.45, 2.75) is 38.6 Å². The lowest BCUT2D eigenvalue weighted by Gasteiger charge is -2.27. The lowest BCUT2D eigenvalue weighted by molar-refractivity contribution is 0.370. The Hall–Kier alpha value is -0.470. The molecule has 100 valence electrons. The quantitative estimate of drug-likeness (QED) is 0.823. The van der Waals surface area contributed by atoms with Crippen LogP contribution in [0.2, 0.25) is 0 Å². The van der Waals surface area contributed by atoms with Gasteiger partial charge in [-0.05, 0) is 55.2 Å². The molecule has 1 heterocycles. The SMILES string of the molecule is CCCNC(CC1CCSCC1)c1ccccc1. The third-order valence-corrected chi connectivity index (χ3v) is 4.80. The molecule has 1 N–H and O–H groups in total. The number of nitrogens with one attached hydrogen (secondary N) is 1. The van der Waals surface area contributed by atoms with E-state index in [0.717, 1.165) is 12.5 Å². The first kappa shape index (κ1) is 14.0. The van der Waals surface area contributed by atoms with Crippen LogP contribution in [-0.4, -0.2) is 18.1 Å². The summed E-state index contributed by atoms with van der Waals surface area (Å²) in [7, 11) is 0. The van der Waals surface area contributed by atoms with Crippen LogP contribution in [0.1, 0.15) is 44.2 Å². The molecule has 1 aliphatic heterocycles. The first-order valence-electron chi connectivity index (χ1n) is 7.26. The molecule has 1 aromatic rings. The zero-order valence-corrected chi connectivity index (χ0v) is 12.2. The van der Waals surface area contributed by atoms with E-state index in [9.17, 15) is 0 Å². The molecule has 2 heteroatoms. The van der Waals surface area contributed by atoms with Gasteiger partial charge in [0.1, 0.15) is 0 Å². The Morgan fingerprint density at radius 2 is 1.94 bits per heavy atom. The Bertz CT molecular complexity index is 319. The van der Waals surface area contributed by atoms with Crippen molar-refractivity contribution in [2.24, 2.45) is 5.92 Å². The minimum Gasteiger partial charge on any atom is -0.310 e. The average Bonchev–Trinajstić information content (AvgIpc) is 2.45. The van der Waals surface area contributed by atoms with Gasteiger partial charge in [-0.25, -0.2) is 0 Å². The van der Waals surface area contributed by atoms with Crippen molar-refractivity contribution in [3.8, 4) is 0 Å². The summed E-state index contributed by atoms with van der Waals surface area (Å²) >= 11 is 2.12. The van der Waals surface area contributed by atoms with Gasteiger partial charge in [0.2, 0.25) is 0 Å². The molecule has 1 aromatic carbocycles. The molecular formula is C16H25NS. The van der Waals surface area contributed by atoms with Crippen LogP contribution in [0.5, 0.6) is 0 Å². The molecular weight excluding hydrogens is 238 g/mol. The zero-order chi connectivity index (χ0) is 12.6. The summed E-state index contributed by atoms with van der Waals surface area (Å²) in [5.41, 5.74) is 1.46. The lowest BCUT2D eigenvalue weighted by atomic mass is 9.90. The highest BCUT2D eigenvalue weighted by molar-refractivity contribution is 7.99. The van der Waals surface area contributed by atoms with Crippen molar-refractivity contribution in [3.63, 3.8) is 0 Å². The summed E-state index contributed by atoms with van der Waals surface area (Å²) in [6.07, 6.45) is 5.33. The molecule has 0 spiro atoms. The van der Waals surface area contributed by atoms with Crippen molar-refractivity contribution in [3.05, 3.63) is 35.9 Å². The molecule has 0 amide bonds. The monoisotopic (exact) mass is 263 g/mol. The molecule has 0 aromatic heterocycles. The van der Waals surface area contributed by atoms with E-state index < -0.39 is 0 Å². The summed E-state index contributed by atoms with van der Waals surface area (Å²) in [5, 5.41) is 3.73. The molecule has 1 unspecified atom stereocenters. The van der Waals surface area contributed by atoms with Crippen LogP contribution in [-0.2, 0) is 0 Å². The molecule has 2 rings (SSSR count). The topological polar surface area (TPSA) is 12.0 Å². The largest absolute Gasteiger partial charge is 0.310 e. The maximum absolute atomic E-state index is 3.73. The Morgan fingerprint density at radius 3 is 2.61 bits per heavy atom. The predicted molar refractivity (Wildman–Crippen MR) is 82.1 cm³/mol. The van der Waals surface area contributed by atoms with Crippen molar-refractivity contribution in [2.75, 3.05) is 18.1 Å². The molecule has 0 radical (unpaired) electrons. The lowest BCUT2D eigenvalue weighted by Crippen LogP contribution is -2.25. The van der Waals surface area contributed by atoms with E-state index in [0.29, 0.717) is 6.04 Å². The van der Waals surface area contributed by atoms with Gasteiger partial charge in [0.15, 0.2) is 0 Å². The number of benzene rings is 1. The first-order chi connectivity index (χ1) is 8.90. The molecule has 0 saturated carbocycles. The highest BCUT2D eigenvalue weighted by Crippen LogP contribution is 2.30. The van der Waals surface area contributed by atoms with E-state index in [1.165, 1.54) is 42.8 Å². The summed E-state index contributed by atoms with van der Waals surface area (Å²) in [6.45, 7) is 3.37. The molecule has 1 nitrogen and oxygen atoms in total. The van der Waals surface area contributed by atoms with Crippen molar-refractivity contribution < 1.29 is 0 Å². The normalized spacial score (nSPS) is 18.7. The summed E-state index contributed by atoms with van der Waals surface area (Å²) in [5.74, 6) is 3.64. The van der Waals surface area contributed by atoms with Crippen LogP contribution in [0, 0.1) is 5.92 Å². The van der Waals surface area contributed by atoms with Crippen LogP contribution < -0.4 is 5.32 Å². The van der Waals surface area contributed by atoms with Gasteiger partial charge < -0.3 is 5.32 Å². The van der Waals surface area contributed by atoms with Gasteiger partial charge in [0.25, 0.3) is 0 Å². The molecule has 0 bridgehead atoms. The van der Waals surface area contributed by atoms with E-state index in [-0.39, 0.29) is 0 Å². The maximum Gasteiger partial charge on any atom is 0.0322 e. The number of thioether (sulfide) groups is 1. The summed E-state index contributed by atoms with van der Waals surface area (Å²) in [6, 6.07) is 11.5. The Morgan fingerprint density at radius 1 is 1.22 bits per heavy atom. The van der Waals surface area contributed by atoms with E-state index in [1.807, 2.05) is 0 Å². The van der Waals surface area contributed by atoms with Crippen molar-refractivity contribution in [1.82, 2.24) is 5.32 Å². The van der Waals surface area contributed by atoms with Gasteiger partial charge in [-0.2, -0.15) is 11.8 Å². The van der Waals surface area contributed by atoms with Crippen LogP contribution in [0.3, 0.4) is 0 Å². The second kappa shape index (κ2) is 7.85. The fraction of sp³-hybridized carbons (Fsp3) is 0.625. The first-order valence-corrected chi connectivity index (χ1v) is 8.41. The van der Waals surface area contributed by atoms with Crippen molar-refractivity contribution in [1.29, 1.82) is 0 Å². The fourth-order valence-corrected chi connectivity index (χ4v) is 3.86. The maximum atomic E-state index is 3.73. The zero-order valence-electron chi connectivity index (χ0n) is 11.4. The molecule has 1 atom stereocenters. The number of hydrogen-bond donors (Lipinski definition) is 1. The highest BCUT2D eigenvalue weighted by atomic mass is 32.2. The summed E-state index contributed by atoms with van der Waals surface area (Å²) < 4.78 is 0. The standard InChI is InChI=1S/C16H25NS/c1-2-10-17-16(15-6-4-3-5-7-15)13-14-8-11-18-12-9-14/h3-7,14,16-17H,2,8-13H2,1H3. The molecule has 1 saturated heterocycles. The molecule has 0 aliphatic carbocycles. The second-order valence-electron chi connectivity index (χ2n) is 5.21. The van der Waals surface area contributed by atoms with Crippen molar-refractivity contribution >= 4 is 11.8 Å². The molecule has 1 aliphatic rings. The van der Waals surface area contributed by atoms with Crippen LogP contribution in [0.15, 0.2) is 30.3 Å². The van der Waals surface area contributed by atoms with Gasteiger partial charge in [-0.15, -0.1) is 0 Å². The van der Waals surface area contributed by atoms with Crippen LogP contribution >= 0.6 is 11.8 Å². The van der Waals surface area contributed by atoms with E-state index >= 15 is 0 Å². The van der Waals surface area contributed by atoms with E-state index in [2.05, 4.69) is 54.3 Å². The minimum atomic E-state index is 0.555. The molecule has 18 heavy (non-hydrogen) atoms. The summed E-state index contributed by atoms with van der Waals surface area (Å²) in [4.78, 5) is 0. The molecule has 1 fully saturated rings. The Balaban J connectivity index is 1.95. The minimum absolute atomic E-state index is 0.555. The second-order valence-corrected chi connectivity index (χ2v) is 6.43. The number of hydrogen-bond acceptors (Lipinski definition) is 2. The number of rotatable bonds is 6. The van der Waals surface area contributed by atoms with Gasteiger partial charge in [0, 0.05) is 6.04 Å². The highest BCUT2D eigenvalue weighted by Gasteiger charge is 2.19. The smallest absolute Gasteiger partial charge is 0.0322 e. The van der Waals surface area contributed by atoms with Gasteiger partial charge in [0.05, 0.1) is 0 Å². The van der Waals surface area contributed by atoms with E-state index in [4.69, 9.17) is 0 Å². The van der Waals surface area contributed by atoms with Crippen LogP contribution in [0.25, 0.3) is 0 Å². The Kier molecular flexibility index (Phi) is 6.09. The average molecular weight is 263 g/mol. The third kappa shape index (κ3) is 4.33. The van der Waals surface area contributed by atoms with E-state index in [1.54, 1.807) is 0 Å². The van der Waals surface area contributed by atoms with Gasteiger partial charge in [-0.3, -0.25) is 0 Å². The third-order valence-electron chi connectivity index (χ3n) is 3.75. The van der Waals surface area contributed by atoms with Gasteiger partial charge >= 0.3 is 0 Å². The predicted octanol–water partition coefficient (Wildman–Crippen LogP) is 4.26. The fourth-order valence-electron chi connectivity index (χ4n) is 2.66.